The Morgan fingerprint density at radius 2 is 2.50 bits per heavy atom. The van der Waals surface area contributed by atoms with Crippen LogP contribution in [0.3, 0.4) is 0 Å². The molecule has 1 aliphatic heterocycles. The van der Waals surface area contributed by atoms with Crippen molar-refractivity contribution in [2.24, 2.45) is 0 Å². The number of likely N-dealkylation sites (N-methyl/N-ethyl adjacent to an activating group) is 1. The van der Waals surface area contributed by atoms with E-state index < -0.39 is 0 Å². The van der Waals surface area contributed by atoms with Gasteiger partial charge in [-0.1, -0.05) is 6.92 Å². The molecule has 1 rings (SSSR count). The van der Waals surface area contributed by atoms with Crippen LogP contribution in [0.2, 0.25) is 0 Å². The number of hydrogen-bond acceptors (Lipinski definition) is 3. The number of nitrogens with one attached hydrogen (secondary N) is 1. The predicted octanol–water partition coefficient (Wildman–Crippen LogP) is 0.210. The van der Waals surface area contributed by atoms with Crippen molar-refractivity contribution in [3.63, 3.8) is 0 Å². The van der Waals surface area contributed by atoms with Gasteiger partial charge in [0.2, 0.25) is 5.91 Å². The summed E-state index contributed by atoms with van der Waals surface area (Å²) in [6.07, 6.45) is -0.241. The van der Waals surface area contributed by atoms with Crippen LogP contribution in [0.4, 0.5) is 0 Å². The van der Waals surface area contributed by atoms with E-state index in [-0.39, 0.29) is 12.0 Å². The van der Waals surface area contributed by atoms with E-state index in [1.807, 2.05) is 6.92 Å². The second-order valence-corrected chi connectivity index (χ2v) is 3.50. The Morgan fingerprint density at radius 3 is 2.90 bits per heavy atom. The normalized spacial score (nSPS) is 32.2. The molecule has 0 bridgehead atoms. The lowest BCUT2D eigenvalue weighted by molar-refractivity contribution is -0.129. The van der Waals surface area contributed by atoms with Crippen LogP contribution in [0.25, 0.3) is 0 Å². The highest BCUT2D eigenvalue weighted by Crippen LogP contribution is 2.24. The maximum Gasteiger partial charge on any atom is 0.250 e. The molecule has 0 aliphatic carbocycles. The number of amides is 1. The summed E-state index contributed by atoms with van der Waals surface area (Å²) in [5.74, 6) is 0.622. The molecule has 4 heteroatoms. The SMILES string of the molecule is CNC(=O)C1OCSC1C. The van der Waals surface area contributed by atoms with Crippen molar-refractivity contribution < 1.29 is 9.53 Å². The quantitative estimate of drug-likeness (QED) is 0.597. The second-order valence-electron chi connectivity index (χ2n) is 2.19. The fraction of sp³-hybridized carbons (Fsp3) is 0.833. The minimum Gasteiger partial charge on any atom is -0.357 e. The number of rotatable bonds is 1. The van der Waals surface area contributed by atoms with Crippen LogP contribution < -0.4 is 5.32 Å². The maximum atomic E-state index is 11.0. The minimum absolute atomic E-state index is 0.0162. The highest BCUT2D eigenvalue weighted by Gasteiger charge is 2.30. The molecule has 2 atom stereocenters. The Morgan fingerprint density at radius 1 is 1.80 bits per heavy atom. The first-order valence-corrected chi connectivity index (χ1v) is 4.25. The molecule has 10 heavy (non-hydrogen) atoms. The van der Waals surface area contributed by atoms with E-state index in [0.29, 0.717) is 11.2 Å². The highest BCUT2D eigenvalue weighted by molar-refractivity contribution is 8.00. The first-order chi connectivity index (χ1) is 4.75. The zero-order chi connectivity index (χ0) is 7.56. The van der Waals surface area contributed by atoms with Gasteiger partial charge in [-0.15, -0.1) is 11.8 Å². The first kappa shape index (κ1) is 7.88. The van der Waals surface area contributed by atoms with E-state index >= 15 is 0 Å². The fourth-order valence-corrected chi connectivity index (χ4v) is 1.69. The van der Waals surface area contributed by atoms with Gasteiger partial charge in [-0.25, -0.2) is 0 Å². The summed E-state index contributed by atoms with van der Waals surface area (Å²) >= 11 is 1.67. The largest absolute Gasteiger partial charge is 0.357 e. The molecule has 3 nitrogen and oxygen atoms in total. The van der Waals surface area contributed by atoms with E-state index in [1.54, 1.807) is 18.8 Å². The van der Waals surface area contributed by atoms with Crippen molar-refractivity contribution in [1.29, 1.82) is 0 Å². The topological polar surface area (TPSA) is 38.3 Å². The van der Waals surface area contributed by atoms with Crippen LogP contribution in [0.1, 0.15) is 6.92 Å². The van der Waals surface area contributed by atoms with Gasteiger partial charge in [0, 0.05) is 12.3 Å². The summed E-state index contributed by atoms with van der Waals surface area (Å²) in [4.78, 5) is 11.0. The second kappa shape index (κ2) is 3.25. The van der Waals surface area contributed by atoms with Gasteiger partial charge in [0.15, 0.2) is 0 Å². The Labute approximate surface area is 64.5 Å². The third-order valence-electron chi connectivity index (χ3n) is 1.51. The molecule has 1 saturated heterocycles. The number of ether oxygens (including phenoxy) is 1. The van der Waals surface area contributed by atoms with Crippen molar-refractivity contribution in [3.05, 3.63) is 0 Å². The third kappa shape index (κ3) is 1.44. The van der Waals surface area contributed by atoms with Gasteiger partial charge in [0.25, 0.3) is 0 Å². The minimum atomic E-state index is -0.241. The average molecular weight is 161 g/mol. The lowest BCUT2D eigenvalue weighted by Crippen LogP contribution is -2.36. The summed E-state index contributed by atoms with van der Waals surface area (Å²) in [5.41, 5.74) is 0. The lowest BCUT2D eigenvalue weighted by Gasteiger charge is -2.10. The zero-order valence-electron chi connectivity index (χ0n) is 6.09. The van der Waals surface area contributed by atoms with Gasteiger partial charge in [0.1, 0.15) is 6.10 Å². The molecule has 58 valence electrons. The molecule has 2 unspecified atom stereocenters. The molecule has 0 spiro atoms. The summed E-state index contributed by atoms with van der Waals surface area (Å²) in [6.45, 7) is 2.00. The standard InChI is InChI=1S/C6H11NO2S/c1-4-5(6(8)7-2)9-3-10-4/h4-5H,3H2,1-2H3,(H,7,8). The van der Waals surface area contributed by atoms with Crippen LogP contribution in [0.15, 0.2) is 0 Å². The molecule has 0 aromatic rings. The zero-order valence-corrected chi connectivity index (χ0v) is 6.90. The Kier molecular flexibility index (Phi) is 2.56. The fourth-order valence-electron chi connectivity index (χ4n) is 0.874. The molecular weight excluding hydrogens is 150 g/mol. The smallest absolute Gasteiger partial charge is 0.250 e. The van der Waals surface area contributed by atoms with Crippen molar-refractivity contribution in [3.8, 4) is 0 Å². The molecule has 0 aromatic carbocycles. The Hall–Kier alpha value is -0.220. The predicted molar refractivity (Wildman–Crippen MR) is 40.9 cm³/mol. The number of carbonyl (C=O) groups excluding carboxylic acids is 1. The van der Waals surface area contributed by atoms with Crippen LogP contribution in [-0.2, 0) is 9.53 Å². The van der Waals surface area contributed by atoms with Gasteiger partial charge >= 0.3 is 0 Å². The molecule has 0 radical (unpaired) electrons. The summed E-state index contributed by atoms with van der Waals surface area (Å²) in [5, 5.41) is 2.85. The van der Waals surface area contributed by atoms with Crippen LogP contribution >= 0.6 is 11.8 Å². The van der Waals surface area contributed by atoms with Crippen molar-refractivity contribution in [2.45, 2.75) is 18.3 Å². The van der Waals surface area contributed by atoms with Crippen LogP contribution in [-0.4, -0.2) is 30.2 Å². The van der Waals surface area contributed by atoms with Gasteiger partial charge in [-0.3, -0.25) is 4.79 Å². The number of hydrogen-bond donors (Lipinski definition) is 1. The van der Waals surface area contributed by atoms with E-state index in [9.17, 15) is 4.79 Å². The van der Waals surface area contributed by atoms with Gasteiger partial charge in [-0.2, -0.15) is 0 Å². The van der Waals surface area contributed by atoms with Crippen LogP contribution in [0.5, 0.6) is 0 Å². The molecule has 1 amide bonds. The van der Waals surface area contributed by atoms with E-state index in [0.717, 1.165) is 0 Å². The highest BCUT2D eigenvalue weighted by atomic mass is 32.2. The molecule has 1 N–H and O–H groups in total. The summed E-state index contributed by atoms with van der Waals surface area (Å²) < 4.78 is 5.17. The van der Waals surface area contributed by atoms with Gasteiger partial charge in [0.05, 0.1) is 5.94 Å². The van der Waals surface area contributed by atoms with Crippen molar-refractivity contribution >= 4 is 17.7 Å². The molecular formula is C6H11NO2S. The summed E-state index contributed by atoms with van der Waals surface area (Å²) in [6, 6.07) is 0. The Balaban J connectivity index is 2.46. The first-order valence-electron chi connectivity index (χ1n) is 3.20. The van der Waals surface area contributed by atoms with Gasteiger partial charge in [-0.05, 0) is 0 Å². The van der Waals surface area contributed by atoms with E-state index in [4.69, 9.17) is 4.74 Å². The van der Waals surface area contributed by atoms with E-state index in [1.165, 1.54) is 0 Å². The molecule has 0 aromatic heterocycles. The third-order valence-corrected chi connectivity index (χ3v) is 2.55. The average Bonchev–Trinajstić information content (AvgIpc) is 2.34. The van der Waals surface area contributed by atoms with Crippen LogP contribution in [0, 0.1) is 0 Å². The van der Waals surface area contributed by atoms with Crippen molar-refractivity contribution in [2.75, 3.05) is 13.0 Å². The monoisotopic (exact) mass is 161 g/mol. The molecule has 0 saturated carbocycles. The maximum absolute atomic E-state index is 11.0. The van der Waals surface area contributed by atoms with Crippen molar-refractivity contribution in [1.82, 2.24) is 5.32 Å². The molecule has 1 fully saturated rings. The lowest BCUT2D eigenvalue weighted by atomic mass is 10.2. The number of carbonyl (C=O) groups is 1. The molecule has 1 heterocycles. The molecule has 1 aliphatic rings. The van der Waals surface area contributed by atoms with Gasteiger partial charge < -0.3 is 10.1 Å². The van der Waals surface area contributed by atoms with E-state index in [2.05, 4.69) is 5.32 Å². The Bertz CT molecular complexity index is 140. The number of thioether (sulfide) groups is 1. The summed E-state index contributed by atoms with van der Waals surface area (Å²) in [7, 11) is 1.63.